The van der Waals surface area contributed by atoms with E-state index in [0.29, 0.717) is 38.9 Å². The first-order valence-corrected chi connectivity index (χ1v) is 8.74. The molecule has 0 bridgehead atoms. The summed E-state index contributed by atoms with van der Waals surface area (Å²) in [5.41, 5.74) is 0.974. The molecular weight excluding hydrogens is 306 g/mol. The van der Waals surface area contributed by atoms with Gasteiger partial charge in [-0.25, -0.2) is 9.97 Å². The Balaban J connectivity index is 1.56. The van der Waals surface area contributed by atoms with Gasteiger partial charge in [0.2, 0.25) is 11.9 Å². The number of likely N-dealkylation sites (N-methyl/N-ethyl adjacent to an activating group) is 1. The van der Waals surface area contributed by atoms with Crippen LogP contribution in [0.3, 0.4) is 0 Å². The molecule has 7 heteroatoms. The number of aryl methyl sites for hydroxylation is 1. The SMILES string of the molecule is Cc1ccnc(N(C)C2CCCN(CC(=O)N3CCOCC3)C2)n1. The fraction of sp³-hybridized carbons (Fsp3) is 0.706. The van der Waals surface area contributed by atoms with Gasteiger partial charge in [0.15, 0.2) is 0 Å². The Morgan fingerprint density at radius 2 is 2.17 bits per heavy atom. The second kappa shape index (κ2) is 7.90. The minimum Gasteiger partial charge on any atom is -0.378 e. The molecule has 1 amide bonds. The average Bonchev–Trinajstić information content (AvgIpc) is 2.62. The molecule has 1 unspecified atom stereocenters. The highest BCUT2D eigenvalue weighted by atomic mass is 16.5. The lowest BCUT2D eigenvalue weighted by Gasteiger charge is -2.38. The van der Waals surface area contributed by atoms with Crippen LogP contribution in [0.4, 0.5) is 5.95 Å². The van der Waals surface area contributed by atoms with Crippen molar-refractivity contribution in [1.82, 2.24) is 19.8 Å². The zero-order valence-electron chi connectivity index (χ0n) is 14.6. The van der Waals surface area contributed by atoms with Crippen molar-refractivity contribution in [2.24, 2.45) is 0 Å². The number of ether oxygens (including phenoxy) is 1. The number of morpholine rings is 1. The highest BCUT2D eigenvalue weighted by Crippen LogP contribution is 2.18. The predicted octanol–water partition coefficient (Wildman–Crippen LogP) is 0.544. The molecule has 0 spiro atoms. The summed E-state index contributed by atoms with van der Waals surface area (Å²) < 4.78 is 5.32. The van der Waals surface area contributed by atoms with Gasteiger partial charge in [-0.3, -0.25) is 9.69 Å². The van der Waals surface area contributed by atoms with Gasteiger partial charge in [-0.2, -0.15) is 0 Å². The number of amides is 1. The van der Waals surface area contributed by atoms with Crippen LogP contribution in [0.1, 0.15) is 18.5 Å². The normalized spacial score (nSPS) is 22.4. The van der Waals surface area contributed by atoms with E-state index in [-0.39, 0.29) is 5.91 Å². The van der Waals surface area contributed by atoms with Crippen LogP contribution in [-0.2, 0) is 9.53 Å². The van der Waals surface area contributed by atoms with Crippen molar-refractivity contribution in [1.29, 1.82) is 0 Å². The molecule has 3 heterocycles. The molecule has 1 aromatic rings. The first kappa shape index (κ1) is 17.1. The van der Waals surface area contributed by atoms with Crippen molar-refractivity contribution in [2.75, 3.05) is 57.9 Å². The molecule has 3 rings (SSSR count). The Labute approximate surface area is 143 Å². The molecule has 0 aromatic carbocycles. The van der Waals surface area contributed by atoms with Crippen LogP contribution < -0.4 is 4.90 Å². The van der Waals surface area contributed by atoms with Crippen LogP contribution in [0, 0.1) is 6.92 Å². The van der Waals surface area contributed by atoms with Crippen molar-refractivity contribution >= 4 is 11.9 Å². The van der Waals surface area contributed by atoms with Crippen molar-refractivity contribution < 1.29 is 9.53 Å². The second-order valence-electron chi connectivity index (χ2n) is 6.63. The maximum atomic E-state index is 12.4. The molecule has 2 saturated heterocycles. The Morgan fingerprint density at radius 1 is 1.38 bits per heavy atom. The van der Waals surface area contributed by atoms with E-state index in [0.717, 1.165) is 37.6 Å². The molecule has 24 heavy (non-hydrogen) atoms. The van der Waals surface area contributed by atoms with E-state index in [1.807, 2.05) is 24.9 Å². The molecule has 132 valence electrons. The second-order valence-corrected chi connectivity index (χ2v) is 6.63. The zero-order chi connectivity index (χ0) is 16.9. The number of nitrogens with zero attached hydrogens (tertiary/aromatic N) is 5. The Morgan fingerprint density at radius 3 is 2.92 bits per heavy atom. The minimum atomic E-state index is 0.216. The van der Waals surface area contributed by atoms with Crippen LogP contribution in [0.5, 0.6) is 0 Å². The third-order valence-electron chi connectivity index (χ3n) is 4.85. The van der Waals surface area contributed by atoms with Crippen LogP contribution in [0.2, 0.25) is 0 Å². The van der Waals surface area contributed by atoms with Crippen LogP contribution in [0.25, 0.3) is 0 Å². The van der Waals surface area contributed by atoms with E-state index in [1.165, 1.54) is 0 Å². The predicted molar refractivity (Wildman–Crippen MR) is 92.0 cm³/mol. The maximum absolute atomic E-state index is 12.4. The Bertz CT molecular complexity index is 562. The van der Waals surface area contributed by atoms with E-state index >= 15 is 0 Å². The number of carbonyl (C=O) groups is 1. The number of hydrogen-bond acceptors (Lipinski definition) is 6. The fourth-order valence-electron chi connectivity index (χ4n) is 3.36. The number of rotatable bonds is 4. The summed E-state index contributed by atoms with van der Waals surface area (Å²) in [6.45, 7) is 7.08. The summed E-state index contributed by atoms with van der Waals surface area (Å²) in [4.78, 5) is 27.7. The minimum absolute atomic E-state index is 0.216. The summed E-state index contributed by atoms with van der Waals surface area (Å²) in [5.74, 6) is 0.981. The highest BCUT2D eigenvalue weighted by molar-refractivity contribution is 5.78. The lowest BCUT2D eigenvalue weighted by Crippen LogP contribution is -2.51. The number of piperidine rings is 1. The molecular formula is C17H27N5O2. The summed E-state index contributed by atoms with van der Waals surface area (Å²) in [7, 11) is 2.05. The van der Waals surface area contributed by atoms with Crippen LogP contribution in [0.15, 0.2) is 12.3 Å². The highest BCUT2D eigenvalue weighted by Gasteiger charge is 2.27. The largest absolute Gasteiger partial charge is 0.378 e. The van der Waals surface area contributed by atoms with E-state index < -0.39 is 0 Å². The van der Waals surface area contributed by atoms with Crippen LogP contribution >= 0.6 is 0 Å². The standard InChI is InChI=1S/C17H27N5O2/c1-14-5-6-18-17(19-14)20(2)15-4-3-7-21(12-15)13-16(23)22-8-10-24-11-9-22/h5-6,15H,3-4,7-13H2,1-2H3. The van der Waals surface area contributed by atoms with Crippen molar-refractivity contribution in [3.63, 3.8) is 0 Å². The summed E-state index contributed by atoms with van der Waals surface area (Å²) in [6, 6.07) is 2.25. The average molecular weight is 333 g/mol. The molecule has 2 aliphatic heterocycles. The molecule has 0 N–H and O–H groups in total. The van der Waals surface area contributed by atoms with E-state index in [4.69, 9.17) is 4.74 Å². The first-order chi connectivity index (χ1) is 11.6. The smallest absolute Gasteiger partial charge is 0.236 e. The quantitative estimate of drug-likeness (QED) is 0.802. The number of hydrogen-bond donors (Lipinski definition) is 0. The first-order valence-electron chi connectivity index (χ1n) is 8.74. The van der Waals surface area contributed by atoms with Gasteiger partial charge in [0.05, 0.1) is 19.8 Å². The van der Waals surface area contributed by atoms with Gasteiger partial charge in [-0.1, -0.05) is 0 Å². The fourth-order valence-corrected chi connectivity index (χ4v) is 3.36. The number of anilines is 1. The topological polar surface area (TPSA) is 61.8 Å². The van der Waals surface area contributed by atoms with Gasteiger partial charge in [-0.15, -0.1) is 0 Å². The van der Waals surface area contributed by atoms with Crippen molar-refractivity contribution in [3.05, 3.63) is 18.0 Å². The van der Waals surface area contributed by atoms with Gasteiger partial charge >= 0.3 is 0 Å². The van der Waals surface area contributed by atoms with E-state index in [9.17, 15) is 4.79 Å². The third kappa shape index (κ3) is 4.21. The van der Waals surface area contributed by atoms with Gasteiger partial charge in [0.25, 0.3) is 0 Å². The molecule has 1 atom stereocenters. The molecule has 7 nitrogen and oxygen atoms in total. The Kier molecular flexibility index (Phi) is 5.63. The molecule has 2 fully saturated rings. The lowest BCUT2D eigenvalue weighted by atomic mass is 10.0. The van der Waals surface area contributed by atoms with Gasteiger partial charge in [-0.05, 0) is 32.4 Å². The molecule has 0 saturated carbocycles. The van der Waals surface area contributed by atoms with Gasteiger partial charge < -0.3 is 14.5 Å². The summed E-state index contributed by atoms with van der Waals surface area (Å²) >= 11 is 0. The van der Waals surface area contributed by atoms with Gasteiger partial charge in [0.1, 0.15) is 0 Å². The monoisotopic (exact) mass is 333 g/mol. The van der Waals surface area contributed by atoms with Crippen molar-refractivity contribution in [3.8, 4) is 0 Å². The van der Waals surface area contributed by atoms with Gasteiger partial charge in [0, 0.05) is 44.6 Å². The van der Waals surface area contributed by atoms with E-state index in [1.54, 1.807) is 6.20 Å². The molecule has 1 aromatic heterocycles. The molecule has 0 radical (unpaired) electrons. The van der Waals surface area contributed by atoms with Crippen LogP contribution in [-0.4, -0.2) is 84.7 Å². The van der Waals surface area contributed by atoms with E-state index in [2.05, 4.69) is 19.8 Å². The van der Waals surface area contributed by atoms with Crippen molar-refractivity contribution in [2.45, 2.75) is 25.8 Å². The third-order valence-corrected chi connectivity index (χ3v) is 4.85. The zero-order valence-corrected chi connectivity index (χ0v) is 14.6. The number of likely N-dealkylation sites (tertiary alicyclic amines) is 1. The summed E-state index contributed by atoms with van der Waals surface area (Å²) in [6.07, 6.45) is 4.00. The summed E-state index contributed by atoms with van der Waals surface area (Å²) in [5, 5.41) is 0. The Hall–Kier alpha value is -1.73. The molecule has 2 aliphatic rings. The molecule has 0 aliphatic carbocycles. The lowest BCUT2D eigenvalue weighted by molar-refractivity contribution is -0.136. The maximum Gasteiger partial charge on any atom is 0.236 e. The number of aromatic nitrogens is 2. The number of carbonyl (C=O) groups excluding carboxylic acids is 1.